The highest BCUT2D eigenvalue weighted by atomic mass is 35.5. The van der Waals surface area contributed by atoms with Crippen molar-refractivity contribution in [3.05, 3.63) is 28.8 Å². The van der Waals surface area contributed by atoms with Gasteiger partial charge in [-0.1, -0.05) is 11.6 Å². The zero-order valence-electron chi connectivity index (χ0n) is 10.9. The van der Waals surface area contributed by atoms with E-state index in [1.165, 1.54) is 0 Å². The third kappa shape index (κ3) is 2.34. The van der Waals surface area contributed by atoms with Crippen LogP contribution in [0.2, 0.25) is 5.02 Å². The molecule has 0 spiro atoms. The van der Waals surface area contributed by atoms with E-state index in [0.717, 1.165) is 41.0 Å². The molecule has 1 aromatic carbocycles. The fourth-order valence-corrected chi connectivity index (χ4v) is 2.01. The van der Waals surface area contributed by atoms with Crippen LogP contribution in [-0.4, -0.2) is 21.3 Å². The summed E-state index contributed by atoms with van der Waals surface area (Å²) in [5, 5.41) is 12.4. The van der Waals surface area contributed by atoms with E-state index in [4.69, 9.17) is 11.6 Å². The summed E-state index contributed by atoms with van der Waals surface area (Å²) in [6, 6.07) is 5.91. The van der Waals surface area contributed by atoms with Crippen molar-refractivity contribution in [2.45, 2.75) is 27.3 Å². The number of aryl methyl sites for hydroxylation is 1. The van der Waals surface area contributed by atoms with Crippen molar-refractivity contribution in [3.8, 4) is 11.4 Å². The molecule has 0 saturated carbocycles. The highest BCUT2D eigenvalue weighted by molar-refractivity contribution is 6.31. The van der Waals surface area contributed by atoms with E-state index in [9.17, 15) is 0 Å². The minimum atomic E-state index is 0.772. The summed E-state index contributed by atoms with van der Waals surface area (Å²) in [4.78, 5) is 0. The number of nitrogens with one attached hydrogen (secondary N) is 1. The van der Waals surface area contributed by atoms with Crippen molar-refractivity contribution in [1.82, 2.24) is 14.8 Å². The van der Waals surface area contributed by atoms with Gasteiger partial charge in [0, 0.05) is 23.7 Å². The number of hydrogen-bond acceptors (Lipinski definition) is 3. The van der Waals surface area contributed by atoms with Crippen LogP contribution in [0.1, 0.15) is 19.4 Å². The predicted molar refractivity (Wildman–Crippen MR) is 75.0 cm³/mol. The average Bonchev–Trinajstić information content (AvgIpc) is 2.76. The fraction of sp³-hybridized carbons (Fsp3) is 0.385. The first-order chi connectivity index (χ1) is 8.67. The molecule has 1 heterocycles. The van der Waals surface area contributed by atoms with Crippen LogP contribution in [-0.2, 0) is 6.54 Å². The highest BCUT2D eigenvalue weighted by Gasteiger charge is 2.12. The van der Waals surface area contributed by atoms with E-state index in [-0.39, 0.29) is 0 Å². The Morgan fingerprint density at radius 1 is 1.28 bits per heavy atom. The summed E-state index contributed by atoms with van der Waals surface area (Å²) >= 11 is 6.04. The van der Waals surface area contributed by atoms with E-state index in [1.807, 2.05) is 32.0 Å². The van der Waals surface area contributed by atoms with Gasteiger partial charge in [-0.3, -0.25) is 4.57 Å². The highest BCUT2D eigenvalue weighted by Crippen LogP contribution is 2.25. The van der Waals surface area contributed by atoms with Gasteiger partial charge in [-0.05, 0) is 44.5 Å². The maximum atomic E-state index is 6.04. The smallest absolute Gasteiger partial charge is 0.224 e. The molecule has 0 aliphatic rings. The quantitative estimate of drug-likeness (QED) is 0.921. The maximum Gasteiger partial charge on any atom is 0.224 e. The van der Waals surface area contributed by atoms with E-state index < -0.39 is 0 Å². The summed E-state index contributed by atoms with van der Waals surface area (Å²) < 4.78 is 2.06. The number of benzene rings is 1. The molecule has 0 aliphatic heterocycles. The summed E-state index contributed by atoms with van der Waals surface area (Å²) in [5.41, 5.74) is 2.08. The zero-order chi connectivity index (χ0) is 13.1. The molecule has 0 saturated heterocycles. The molecule has 2 aromatic rings. The summed E-state index contributed by atoms with van der Waals surface area (Å²) in [6.07, 6.45) is 0. The first-order valence-corrected chi connectivity index (χ1v) is 6.48. The average molecular weight is 265 g/mol. The van der Waals surface area contributed by atoms with Gasteiger partial charge in [0.2, 0.25) is 5.95 Å². The lowest BCUT2D eigenvalue weighted by Crippen LogP contribution is -2.06. The number of hydrogen-bond donors (Lipinski definition) is 1. The van der Waals surface area contributed by atoms with Crippen molar-refractivity contribution in [2.75, 3.05) is 11.9 Å². The molecule has 0 atom stereocenters. The van der Waals surface area contributed by atoms with Crippen LogP contribution in [0.5, 0.6) is 0 Å². The number of aromatic nitrogens is 3. The van der Waals surface area contributed by atoms with Crippen LogP contribution in [0.4, 0.5) is 5.95 Å². The van der Waals surface area contributed by atoms with Crippen molar-refractivity contribution >= 4 is 17.5 Å². The molecular weight excluding hydrogens is 248 g/mol. The second-order valence-corrected chi connectivity index (χ2v) is 4.49. The molecule has 0 aliphatic carbocycles. The fourth-order valence-electron chi connectivity index (χ4n) is 1.89. The molecule has 0 radical (unpaired) electrons. The molecule has 2 rings (SSSR count). The second-order valence-electron chi connectivity index (χ2n) is 4.09. The number of rotatable bonds is 4. The van der Waals surface area contributed by atoms with Gasteiger partial charge in [-0.15, -0.1) is 10.2 Å². The lowest BCUT2D eigenvalue weighted by atomic mass is 10.1. The van der Waals surface area contributed by atoms with Crippen LogP contribution in [0.3, 0.4) is 0 Å². The lowest BCUT2D eigenvalue weighted by molar-refractivity contribution is 0.770. The largest absolute Gasteiger partial charge is 0.355 e. The van der Waals surface area contributed by atoms with Gasteiger partial charge in [0.05, 0.1) is 0 Å². The van der Waals surface area contributed by atoms with Crippen LogP contribution >= 0.6 is 11.6 Å². The monoisotopic (exact) mass is 264 g/mol. The Balaban J connectivity index is 2.46. The van der Waals surface area contributed by atoms with Crippen LogP contribution in [0, 0.1) is 6.92 Å². The minimum absolute atomic E-state index is 0.772. The Morgan fingerprint density at radius 2 is 2.06 bits per heavy atom. The van der Waals surface area contributed by atoms with Gasteiger partial charge in [0.25, 0.3) is 0 Å². The van der Waals surface area contributed by atoms with E-state index in [2.05, 4.69) is 27.0 Å². The summed E-state index contributed by atoms with van der Waals surface area (Å²) in [7, 11) is 0. The van der Waals surface area contributed by atoms with Gasteiger partial charge in [-0.2, -0.15) is 0 Å². The molecule has 1 aromatic heterocycles. The van der Waals surface area contributed by atoms with Gasteiger partial charge < -0.3 is 5.32 Å². The first-order valence-electron chi connectivity index (χ1n) is 6.11. The molecule has 5 heteroatoms. The summed E-state index contributed by atoms with van der Waals surface area (Å²) in [5.74, 6) is 1.68. The van der Waals surface area contributed by atoms with Gasteiger partial charge in [0.1, 0.15) is 0 Å². The number of nitrogens with zero attached hydrogens (tertiary/aromatic N) is 3. The molecule has 0 fully saturated rings. The molecule has 4 nitrogen and oxygen atoms in total. The van der Waals surface area contributed by atoms with Crippen LogP contribution < -0.4 is 5.32 Å². The van der Waals surface area contributed by atoms with Gasteiger partial charge in [0.15, 0.2) is 5.82 Å². The third-order valence-corrected chi connectivity index (χ3v) is 3.24. The molecule has 0 amide bonds. The molecule has 0 unspecified atom stereocenters. The molecule has 96 valence electrons. The lowest BCUT2D eigenvalue weighted by Gasteiger charge is -2.08. The second kappa shape index (κ2) is 5.40. The van der Waals surface area contributed by atoms with E-state index in [0.29, 0.717) is 0 Å². The summed E-state index contributed by atoms with van der Waals surface area (Å²) in [6.45, 7) is 7.77. The standard InChI is InChI=1S/C13H17ClN4/c1-4-15-13-17-16-12(18(13)5-2)10-6-7-11(14)9(3)8-10/h6-8H,4-5H2,1-3H3,(H,15,17). The Labute approximate surface area is 112 Å². The molecular formula is C13H17ClN4. The molecule has 0 bridgehead atoms. The maximum absolute atomic E-state index is 6.04. The van der Waals surface area contributed by atoms with E-state index >= 15 is 0 Å². The Bertz CT molecular complexity index is 548. The SMILES string of the molecule is CCNc1nnc(-c2ccc(Cl)c(C)c2)n1CC. The topological polar surface area (TPSA) is 42.7 Å². The van der Waals surface area contributed by atoms with Gasteiger partial charge >= 0.3 is 0 Å². The Morgan fingerprint density at radius 3 is 2.67 bits per heavy atom. The Kier molecular flexibility index (Phi) is 3.87. The molecule has 1 N–H and O–H groups in total. The predicted octanol–water partition coefficient (Wildman–Crippen LogP) is 3.36. The van der Waals surface area contributed by atoms with Crippen molar-refractivity contribution in [3.63, 3.8) is 0 Å². The number of halogens is 1. The van der Waals surface area contributed by atoms with Crippen molar-refractivity contribution in [2.24, 2.45) is 0 Å². The first kappa shape index (κ1) is 12.9. The zero-order valence-corrected chi connectivity index (χ0v) is 11.6. The Hall–Kier alpha value is -1.55. The molecule has 18 heavy (non-hydrogen) atoms. The van der Waals surface area contributed by atoms with Crippen molar-refractivity contribution < 1.29 is 0 Å². The number of anilines is 1. The van der Waals surface area contributed by atoms with Crippen molar-refractivity contribution in [1.29, 1.82) is 0 Å². The van der Waals surface area contributed by atoms with Gasteiger partial charge in [-0.25, -0.2) is 0 Å². The van der Waals surface area contributed by atoms with Crippen LogP contribution in [0.25, 0.3) is 11.4 Å². The van der Waals surface area contributed by atoms with Crippen LogP contribution in [0.15, 0.2) is 18.2 Å². The van der Waals surface area contributed by atoms with E-state index in [1.54, 1.807) is 0 Å². The normalized spacial score (nSPS) is 10.7. The minimum Gasteiger partial charge on any atom is -0.355 e. The third-order valence-electron chi connectivity index (χ3n) is 2.82.